The van der Waals surface area contributed by atoms with Gasteiger partial charge in [0.1, 0.15) is 6.54 Å². The highest BCUT2D eigenvalue weighted by molar-refractivity contribution is 5.91. The highest BCUT2D eigenvalue weighted by Gasteiger charge is 2.09. The Morgan fingerprint density at radius 3 is 2.85 bits per heavy atom. The lowest BCUT2D eigenvalue weighted by molar-refractivity contribution is -0.116. The quantitative estimate of drug-likeness (QED) is 0.885. The number of aryl methyl sites for hydroxylation is 2. The number of carbonyl (C=O) groups excluding carboxylic acids is 1. The van der Waals surface area contributed by atoms with Crippen LogP contribution in [0.4, 0.5) is 5.69 Å². The molecule has 0 saturated heterocycles. The van der Waals surface area contributed by atoms with Gasteiger partial charge in [-0.1, -0.05) is 17.3 Å². The fourth-order valence-corrected chi connectivity index (χ4v) is 1.81. The van der Waals surface area contributed by atoms with E-state index in [-0.39, 0.29) is 18.5 Å². The molecule has 1 amide bonds. The summed E-state index contributed by atoms with van der Waals surface area (Å²) in [6.45, 7) is 5.89. The van der Waals surface area contributed by atoms with E-state index in [2.05, 4.69) is 15.6 Å². The molecule has 20 heavy (non-hydrogen) atoms. The maximum atomic E-state index is 12.0. The molecule has 106 valence electrons. The third kappa shape index (κ3) is 3.42. The molecule has 1 unspecified atom stereocenters. The molecule has 0 saturated carbocycles. The highest BCUT2D eigenvalue weighted by atomic mass is 16.2. The van der Waals surface area contributed by atoms with Crippen LogP contribution in [0.1, 0.15) is 29.8 Å². The third-order valence-electron chi connectivity index (χ3n) is 3.00. The molecule has 6 heteroatoms. The molecule has 0 aliphatic heterocycles. The van der Waals surface area contributed by atoms with Crippen molar-refractivity contribution in [1.82, 2.24) is 15.0 Å². The number of carbonyl (C=O) groups is 1. The lowest BCUT2D eigenvalue weighted by atomic mass is 10.1. The molecule has 6 nitrogen and oxygen atoms in total. The minimum absolute atomic E-state index is 0.118. The zero-order valence-electron chi connectivity index (χ0n) is 11.9. The predicted molar refractivity (Wildman–Crippen MR) is 77.2 cm³/mol. The number of benzene rings is 1. The Morgan fingerprint density at radius 1 is 1.45 bits per heavy atom. The second-order valence-electron chi connectivity index (χ2n) is 5.00. The largest absolute Gasteiger partial charge is 0.324 e. The van der Waals surface area contributed by atoms with Gasteiger partial charge in [0, 0.05) is 11.7 Å². The lowest BCUT2D eigenvalue weighted by Gasteiger charge is -2.09. The Hall–Kier alpha value is -2.21. The van der Waals surface area contributed by atoms with Crippen LogP contribution < -0.4 is 11.1 Å². The number of nitrogens with two attached hydrogens (primary N) is 1. The number of anilines is 1. The molecule has 0 aliphatic carbocycles. The summed E-state index contributed by atoms with van der Waals surface area (Å²) in [6.07, 6.45) is 1.69. The van der Waals surface area contributed by atoms with Crippen LogP contribution in [0.2, 0.25) is 0 Å². The average molecular weight is 273 g/mol. The molecule has 0 spiro atoms. The van der Waals surface area contributed by atoms with E-state index in [9.17, 15) is 4.79 Å². The number of rotatable bonds is 4. The molecule has 3 N–H and O–H groups in total. The number of aromatic nitrogens is 3. The maximum absolute atomic E-state index is 12.0. The van der Waals surface area contributed by atoms with E-state index in [1.807, 2.05) is 39.0 Å². The molecule has 0 fully saturated rings. The zero-order valence-corrected chi connectivity index (χ0v) is 11.9. The zero-order chi connectivity index (χ0) is 14.7. The Labute approximate surface area is 118 Å². The molecule has 1 heterocycles. The van der Waals surface area contributed by atoms with Crippen molar-refractivity contribution in [3.63, 3.8) is 0 Å². The smallest absolute Gasteiger partial charge is 0.246 e. The van der Waals surface area contributed by atoms with Gasteiger partial charge in [0.15, 0.2) is 0 Å². The second-order valence-corrected chi connectivity index (χ2v) is 5.00. The first-order valence-electron chi connectivity index (χ1n) is 6.48. The fourth-order valence-electron chi connectivity index (χ4n) is 1.81. The molecule has 2 aromatic rings. The molecule has 0 radical (unpaired) electrons. The molecular formula is C14H19N5O. The van der Waals surface area contributed by atoms with Gasteiger partial charge in [0.25, 0.3) is 0 Å². The van der Waals surface area contributed by atoms with E-state index in [1.54, 1.807) is 6.20 Å². The van der Waals surface area contributed by atoms with Gasteiger partial charge in [-0.15, -0.1) is 5.10 Å². The minimum atomic E-state index is -0.189. The predicted octanol–water partition coefficient (Wildman–Crippen LogP) is 1.55. The molecule has 1 aromatic carbocycles. The van der Waals surface area contributed by atoms with Crippen molar-refractivity contribution in [2.75, 3.05) is 5.32 Å². The summed E-state index contributed by atoms with van der Waals surface area (Å²) < 4.78 is 1.49. The SMILES string of the molecule is Cc1ccc(C)c(NC(=O)Cn2cc(C(C)N)nn2)c1. The van der Waals surface area contributed by atoms with Crippen LogP contribution in [0.15, 0.2) is 24.4 Å². The monoisotopic (exact) mass is 273 g/mol. The first kappa shape index (κ1) is 14.2. The van der Waals surface area contributed by atoms with E-state index in [1.165, 1.54) is 4.68 Å². The highest BCUT2D eigenvalue weighted by Crippen LogP contribution is 2.16. The summed E-state index contributed by atoms with van der Waals surface area (Å²) in [4.78, 5) is 12.0. The van der Waals surface area contributed by atoms with E-state index < -0.39 is 0 Å². The fraction of sp³-hybridized carbons (Fsp3) is 0.357. The number of amides is 1. The van der Waals surface area contributed by atoms with Gasteiger partial charge in [0.2, 0.25) is 5.91 Å². The molecule has 1 atom stereocenters. The van der Waals surface area contributed by atoms with Crippen molar-refractivity contribution in [1.29, 1.82) is 0 Å². The lowest BCUT2D eigenvalue weighted by Crippen LogP contribution is -2.19. The molecule has 1 aromatic heterocycles. The first-order chi connectivity index (χ1) is 9.45. The van der Waals surface area contributed by atoms with Crippen LogP contribution in [0.3, 0.4) is 0 Å². The summed E-state index contributed by atoms with van der Waals surface area (Å²) in [5.41, 5.74) is 9.32. The summed E-state index contributed by atoms with van der Waals surface area (Å²) in [7, 11) is 0. The minimum Gasteiger partial charge on any atom is -0.324 e. The van der Waals surface area contributed by atoms with Crippen LogP contribution in [0.5, 0.6) is 0 Å². The topological polar surface area (TPSA) is 85.8 Å². The van der Waals surface area contributed by atoms with Gasteiger partial charge >= 0.3 is 0 Å². The van der Waals surface area contributed by atoms with Crippen molar-refractivity contribution in [2.24, 2.45) is 5.73 Å². The summed E-state index contributed by atoms with van der Waals surface area (Å²) in [6, 6.07) is 5.75. The summed E-state index contributed by atoms with van der Waals surface area (Å²) >= 11 is 0. The van der Waals surface area contributed by atoms with Crippen molar-refractivity contribution < 1.29 is 4.79 Å². The molecule has 2 rings (SSSR count). The number of hydrogen-bond donors (Lipinski definition) is 2. The van der Waals surface area contributed by atoms with Crippen LogP contribution in [-0.4, -0.2) is 20.9 Å². The molecule has 0 bridgehead atoms. The Kier molecular flexibility index (Phi) is 4.14. The van der Waals surface area contributed by atoms with Crippen molar-refractivity contribution in [3.05, 3.63) is 41.2 Å². The number of nitrogens with one attached hydrogen (secondary N) is 1. The standard InChI is InChI=1S/C14H19N5O/c1-9-4-5-10(2)12(6-9)16-14(20)8-19-7-13(11(3)15)17-18-19/h4-7,11H,8,15H2,1-3H3,(H,16,20). The summed E-state index contributed by atoms with van der Waals surface area (Å²) in [5, 5.41) is 10.7. The van der Waals surface area contributed by atoms with Gasteiger partial charge in [0.05, 0.1) is 11.9 Å². The van der Waals surface area contributed by atoms with Crippen molar-refractivity contribution >= 4 is 11.6 Å². The van der Waals surface area contributed by atoms with Crippen LogP contribution >= 0.6 is 0 Å². The number of nitrogens with zero attached hydrogens (tertiary/aromatic N) is 3. The van der Waals surface area contributed by atoms with Crippen LogP contribution in [0.25, 0.3) is 0 Å². The van der Waals surface area contributed by atoms with Crippen molar-refractivity contribution in [3.8, 4) is 0 Å². The van der Waals surface area contributed by atoms with Crippen LogP contribution in [-0.2, 0) is 11.3 Å². The average Bonchev–Trinajstić information content (AvgIpc) is 2.82. The number of hydrogen-bond acceptors (Lipinski definition) is 4. The maximum Gasteiger partial charge on any atom is 0.246 e. The second kappa shape index (κ2) is 5.83. The van der Waals surface area contributed by atoms with Gasteiger partial charge in [-0.05, 0) is 38.0 Å². The van der Waals surface area contributed by atoms with Gasteiger partial charge in [-0.2, -0.15) is 0 Å². The van der Waals surface area contributed by atoms with Gasteiger partial charge < -0.3 is 11.1 Å². The third-order valence-corrected chi connectivity index (χ3v) is 3.00. The van der Waals surface area contributed by atoms with Crippen molar-refractivity contribution in [2.45, 2.75) is 33.4 Å². The molecule has 0 aliphatic rings. The summed E-state index contributed by atoms with van der Waals surface area (Å²) in [5.74, 6) is -0.139. The first-order valence-corrected chi connectivity index (χ1v) is 6.48. The van der Waals surface area contributed by atoms with E-state index in [0.717, 1.165) is 16.8 Å². The van der Waals surface area contributed by atoms with E-state index in [0.29, 0.717) is 5.69 Å². The normalized spacial score (nSPS) is 12.2. The molecular weight excluding hydrogens is 254 g/mol. The van der Waals surface area contributed by atoms with E-state index >= 15 is 0 Å². The Bertz CT molecular complexity index is 618. The van der Waals surface area contributed by atoms with Gasteiger partial charge in [-0.3, -0.25) is 4.79 Å². The van der Waals surface area contributed by atoms with E-state index in [4.69, 9.17) is 5.73 Å². The van der Waals surface area contributed by atoms with Crippen LogP contribution in [0, 0.1) is 13.8 Å². The Balaban J connectivity index is 2.03. The van der Waals surface area contributed by atoms with Gasteiger partial charge in [-0.25, -0.2) is 4.68 Å². The Morgan fingerprint density at radius 2 is 2.20 bits per heavy atom.